The molecule has 0 aliphatic carbocycles. The summed E-state index contributed by atoms with van der Waals surface area (Å²) >= 11 is 0. The molecule has 168 valence electrons. The fourth-order valence-electron chi connectivity index (χ4n) is 4.47. The lowest BCUT2D eigenvalue weighted by Gasteiger charge is -2.42. The van der Waals surface area contributed by atoms with Crippen molar-refractivity contribution in [2.24, 2.45) is 5.92 Å². The van der Waals surface area contributed by atoms with E-state index >= 15 is 0 Å². The van der Waals surface area contributed by atoms with Crippen LogP contribution in [0.25, 0.3) is 11.0 Å². The van der Waals surface area contributed by atoms with Crippen LogP contribution in [0.15, 0.2) is 24.5 Å². The molecular weight excluding hydrogens is 411 g/mol. The van der Waals surface area contributed by atoms with E-state index in [1.807, 2.05) is 16.7 Å². The van der Waals surface area contributed by atoms with Crippen LogP contribution in [0.1, 0.15) is 25.8 Å². The molecule has 4 rings (SSSR count). The van der Waals surface area contributed by atoms with Gasteiger partial charge in [-0.3, -0.25) is 19.7 Å². The maximum atomic E-state index is 13.4. The molecule has 2 aliphatic heterocycles. The molecule has 7 nitrogen and oxygen atoms in total. The van der Waals surface area contributed by atoms with Crippen LogP contribution in [-0.4, -0.2) is 70.2 Å². The Morgan fingerprint density at radius 3 is 2.48 bits per heavy atom. The first-order chi connectivity index (χ1) is 14.6. The molecule has 10 heteroatoms. The van der Waals surface area contributed by atoms with Gasteiger partial charge in [-0.15, -0.1) is 0 Å². The number of aliphatic hydroxyl groups is 1. The highest BCUT2D eigenvalue weighted by atomic mass is 19.4. The third kappa shape index (κ3) is 4.45. The summed E-state index contributed by atoms with van der Waals surface area (Å²) in [5.74, 6) is 0.122. The summed E-state index contributed by atoms with van der Waals surface area (Å²) in [5, 5.41) is 12.5. The van der Waals surface area contributed by atoms with Crippen LogP contribution >= 0.6 is 0 Å². The Balaban J connectivity index is 1.55. The number of β-amino-alcohol motifs (C(OH)–C–C–N with tert-alkyl or cyclic N) is 1. The summed E-state index contributed by atoms with van der Waals surface area (Å²) in [7, 11) is 0. The van der Waals surface area contributed by atoms with Crippen molar-refractivity contribution in [3.8, 4) is 0 Å². The smallest absolute Gasteiger partial charge is 0.390 e. The molecule has 1 aromatic carbocycles. The van der Waals surface area contributed by atoms with Crippen LogP contribution in [0, 0.1) is 5.92 Å². The highest BCUT2D eigenvalue weighted by Gasteiger charge is 2.36. The van der Waals surface area contributed by atoms with Gasteiger partial charge in [-0.2, -0.15) is 13.2 Å². The van der Waals surface area contributed by atoms with Gasteiger partial charge in [0.15, 0.2) is 0 Å². The summed E-state index contributed by atoms with van der Waals surface area (Å²) in [6, 6.07) is 2.02. The van der Waals surface area contributed by atoms with Crippen LogP contribution in [0.2, 0.25) is 0 Å². The number of amides is 1. The van der Waals surface area contributed by atoms with Crippen molar-refractivity contribution in [1.29, 1.82) is 0 Å². The lowest BCUT2D eigenvalue weighted by molar-refractivity contribution is -0.136. The van der Waals surface area contributed by atoms with E-state index in [0.717, 1.165) is 12.5 Å². The average molecular weight is 437 g/mol. The quantitative estimate of drug-likeness (QED) is 0.762. The third-order valence-corrected chi connectivity index (χ3v) is 6.07. The normalized spacial score (nSPS) is 24.1. The zero-order valence-corrected chi connectivity index (χ0v) is 17.4. The molecule has 2 saturated heterocycles. The first kappa shape index (κ1) is 21.8. The van der Waals surface area contributed by atoms with E-state index in [1.54, 1.807) is 0 Å². The molecule has 0 radical (unpaired) electrons. The standard InChI is InChI=1S/C21H26F3N5O2/c1-12-7-14(27-20(31)13(2)28-10-15(30)11-28)9-29(8-12)17-4-3-16(21(22,23)24)18-19(17)26-6-5-25-18/h3-6,12-15,30H,7-11H2,1-2H3,(H,27,31)/t12-,13?,14+/m0/s1. The van der Waals surface area contributed by atoms with Crippen LogP contribution in [0.4, 0.5) is 18.9 Å². The molecule has 3 atom stereocenters. The van der Waals surface area contributed by atoms with Crippen LogP contribution in [-0.2, 0) is 11.0 Å². The molecule has 1 amide bonds. The molecule has 1 unspecified atom stereocenters. The molecule has 2 N–H and O–H groups in total. The second-order valence-corrected chi connectivity index (χ2v) is 8.62. The number of carbonyl (C=O) groups excluding carboxylic acids is 1. The van der Waals surface area contributed by atoms with E-state index < -0.39 is 11.7 Å². The van der Waals surface area contributed by atoms with Crippen molar-refractivity contribution in [3.63, 3.8) is 0 Å². The lowest BCUT2D eigenvalue weighted by atomic mass is 9.94. The van der Waals surface area contributed by atoms with Gasteiger partial charge in [0.25, 0.3) is 0 Å². The topological polar surface area (TPSA) is 81.6 Å². The van der Waals surface area contributed by atoms with Gasteiger partial charge in [0.05, 0.1) is 23.4 Å². The minimum absolute atomic E-state index is 0.108. The molecule has 0 bridgehead atoms. The third-order valence-electron chi connectivity index (χ3n) is 6.07. The second-order valence-electron chi connectivity index (χ2n) is 8.62. The number of hydrogen-bond donors (Lipinski definition) is 2. The molecule has 2 fully saturated rings. The van der Waals surface area contributed by atoms with Crippen molar-refractivity contribution in [2.75, 3.05) is 31.1 Å². The predicted molar refractivity (Wildman–Crippen MR) is 110 cm³/mol. The number of benzene rings is 1. The molecular formula is C21H26F3N5O2. The maximum absolute atomic E-state index is 13.4. The van der Waals surface area contributed by atoms with Crippen molar-refractivity contribution in [2.45, 2.75) is 44.6 Å². The Labute approximate surface area is 178 Å². The Morgan fingerprint density at radius 1 is 1.16 bits per heavy atom. The molecule has 3 heterocycles. The van der Waals surface area contributed by atoms with E-state index in [2.05, 4.69) is 22.2 Å². The molecule has 0 saturated carbocycles. The Kier molecular flexibility index (Phi) is 5.78. The van der Waals surface area contributed by atoms with Gasteiger partial charge in [0.2, 0.25) is 5.91 Å². The fraction of sp³-hybridized carbons (Fsp3) is 0.571. The van der Waals surface area contributed by atoms with Gasteiger partial charge in [0.1, 0.15) is 11.0 Å². The van der Waals surface area contributed by atoms with Crippen LogP contribution in [0.5, 0.6) is 0 Å². The number of alkyl halides is 3. The summed E-state index contributed by atoms with van der Waals surface area (Å²) in [6.45, 7) is 5.96. The number of nitrogens with one attached hydrogen (secondary N) is 1. The Morgan fingerprint density at radius 2 is 1.84 bits per heavy atom. The number of aromatic nitrogens is 2. The summed E-state index contributed by atoms with van der Waals surface area (Å²) < 4.78 is 40.2. The molecule has 31 heavy (non-hydrogen) atoms. The monoisotopic (exact) mass is 437 g/mol. The van der Waals surface area contributed by atoms with Gasteiger partial charge < -0.3 is 15.3 Å². The lowest BCUT2D eigenvalue weighted by Crippen LogP contribution is -2.60. The number of rotatable bonds is 4. The number of carbonyl (C=O) groups is 1. The van der Waals surface area contributed by atoms with E-state index in [-0.39, 0.29) is 41.0 Å². The number of fused-ring (bicyclic) bond motifs is 1. The van der Waals surface area contributed by atoms with Crippen LogP contribution < -0.4 is 10.2 Å². The largest absolute Gasteiger partial charge is 0.418 e. The summed E-state index contributed by atoms with van der Waals surface area (Å²) in [6.07, 6.45) is -1.46. The summed E-state index contributed by atoms with van der Waals surface area (Å²) in [5.41, 5.74) is -0.184. The molecule has 2 aliphatic rings. The number of likely N-dealkylation sites (tertiary alicyclic amines) is 1. The van der Waals surface area contributed by atoms with Crippen molar-refractivity contribution >= 4 is 22.6 Å². The van der Waals surface area contributed by atoms with Gasteiger partial charge >= 0.3 is 6.18 Å². The Bertz CT molecular complexity index is 964. The fourth-order valence-corrected chi connectivity index (χ4v) is 4.47. The number of halogens is 3. The number of nitrogens with zero attached hydrogens (tertiary/aromatic N) is 4. The predicted octanol–water partition coefficient (Wildman–Crippen LogP) is 2.04. The van der Waals surface area contributed by atoms with E-state index in [9.17, 15) is 23.1 Å². The SMILES string of the molecule is CC(C(=O)N[C@@H]1C[C@H](C)CN(c2ccc(C(F)(F)F)c3nccnc23)C1)N1CC(O)C1. The Hall–Kier alpha value is -2.46. The van der Waals surface area contributed by atoms with Gasteiger partial charge in [0, 0.05) is 44.6 Å². The highest BCUT2D eigenvalue weighted by Crippen LogP contribution is 2.37. The number of piperidine rings is 1. The molecule has 2 aromatic rings. The van der Waals surface area contributed by atoms with Gasteiger partial charge in [-0.05, 0) is 31.4 Å². The van der Waals surface area contributed by atoms with E-state index in [1.165, 1.54) is 18.5 Å². The van der Waals surface area contributed by atoms with Gasteiger partial charge in [-0.25, -0.2) is 0 Å². The zero-order chi connectivity index (χ0) is 22.3. The van der Waals surface area contributed by atoms with Crippen LogP contribution in [0.3, 0.4) is 0 Å². The minimum atomic E-state index is -4.51. The van der Waals surface area contributed by atoms with E-state index in [4.69, 9.17) is 0 Å². The van der Waals surface area contributed by atoms with E-state index in [0.29, 0.717) is 31.9 Å². The number of anilines is 1. The first-order valence-corrected chi connectivity index (χ1v) is 10.4. The molecule has 0 spiro atoms. The average Bonchev–Trinajstić information content (AvgIpc) is 2.68. The minimum Gasteiger partial charge on any atom is -0.390 e. The van der Waals surface area contributed by atoms with Crippen molar-refractivity contribution in [1.82, 2.24) is 20.2 Å². The summed E-state index contributed by atoms with van der Waals surface area (Å²) in [4.78, 5) is 24.7. The second kappa shape index (κ2) is 8.23. The number of aliphatic hydroxyl groups excluding tert-OH is 1. The van der Waals surface area contributed by atoms with Gasteiger partial charge in [-0.1, -0.05) is 6.92 Å². The maximum Gasteiger partial charge on any atom is 0.418 e. The van der Waals surface area contributed by atoms with Crippen molar-refractivity contribution in [3.05, 3.63) is 30.1 Å². The first-order valence-electron chi connectivity index (χ1n) is 10.4. The molecule has 1 aromatic heterocycles. The highest BCUT2D eigenvalue weighted by molar-refractivity contribution is 5.91. The van der Waals surface area contributed by atoms with Crippen molar-refractivity contribution < 1.29 is 23.1 Å². The number of hydrogen-bond acceptors (Lipinski definition) is 6. The zero-order valence-electron chi connectivity index (χ0n) is 17.4.